The van der Waals surface area contributed by atoms with Crippen molar-refractivity contribution in [3.05, 3.63) is 71.5 Å². The number of aliphatic carboxylic acids is 1. The van der Waals surface area contributed by atoms with Gasteiger partial charge in [0.1, 0.15) is 6.04 Å². The Bertz CT molecular complexity index is 1090. The summed E-state index contributed by atoms with van der Waals surface area (Å²) in [7, 11) is 0. The van der Waals surface area contributed by atoms with Crippen LogP contribution in [0.4, 0.5) is 0 Å². The predicted molar refractivity (Wildman–Crippen MR) is 108 cm³/mol. The van der Waals surface area contributed by atoms with Crippen molar-refractivity contribution in [1.82, 2.24) is 9.97 Å². The minimum absolute atomic E-state index is 0.335. The van der Waals surface area contributed by atoms with E-state index in [-0.39, 0.29) is 0 Å². The number of hydrogen-bond donors (Lipinski definition) is 4. The molecule has 0 bridgehead atoms. The fourth-order valence-electron chi connectivity index (χ4n) is 3.80. The van der Waals surface area contributed by atoms with E-state index in [4.69, 9.17) is 5.73 Å². The maximum Gasteiger partial charge on any atom is 0.320 e. The fourth-order valence-corrected chi connectivity index (χ4v) is 3.80. The van der Waals surface area contributed by atoms with E-state index in [9.17, 15) is 9.90 Å². The van der Waals surface area contributed by atoms with Gasteiger partial charge in [-0.05, 0) is 42.5 Å². The summed E-state index contributed by atoms with van der Waals surface area (Å²) in [6.07, 6.45) is 5.21. The van der Waals surface area contributed by atoms with Gasteiger partial charge in [-0.3, -0.25) is 4.79 Å². The lowest BCUT2D eigenvalue weighted by Gasteiger charge is -2.09. The molecule has 0 aliphatic carbocycles. The minimum atomic E-state index is -0.968. The van der Waals surface area contributed by atoms with Gasteiger partial charge >= 0.3 is 5.97 Å². The number of fused-ring (bicyclic) bond motifs is 2. The molecule has 0 saturated carbocycles. The first-order valence-electron chi connectivity index (χ1n) is 9.25. The zero-order chi connectivity index (χ0) is 18.8. The van der Waals surface area contributed by atoms with Gasteiger partial charge in [0.25, 0.3) is 0 Å². The monoisotopic (exact) mass is 361 g/mol. The summed E-state index contributed by atoms with van der Waals surface area (Å²) < 4.78 is 0. The van der Waals surface area contributed by atoms with Gasteiger partial charge in [-0.1, -0.05) is 36.4 Å². The number of carboxylic acid groups (broad SMARTS) is 1. The average molecular weight is 361 g/mol. The van der Waals surface area contributed by atoms with E-state index in [1.807, 2.05) is 30.3 Å². The van der Waals surface area contributed by atoms with Crippen molar-refractivity contribution in [2.75, 3.05) is 0 Å². The van der Waals surface area contributed by atoms with Crippen molar-refractivity contribution in [2.24, 2.45) is 5.73 Å². The number of carboxylic acids is 1. The van der Waals surface area contributed by atoms with Gasteiger partial charge in [-0.25, -0.2) is 0 Å². The maximum atomic E-state index is 11.2. The Hall–Kier alpha value is -3.05. The molecule has 0 unspecified atom stereocenters. The molecule has 27 heavy (non-hydrogen) atoms. The smallest absolute Gasteiger partial charge is 0.320 e. The van der Waals surface area contributed by atoms with Gasteiger partial charge in [0, 0.05) is 40.1 Å². The Balaban J connectivity index is 1.55. The number of para-hydroxylation sites is 2. The summed E-state index contributed by atoms with van der Waals surface area (Å²) in [4.78, 5) is 18.0. The number of benzene rings is 2. The molecule has 4 aromatic rings. The quantitative estimate of drug-likeness (QED) is 0.403. The van der Waals surface area contributed by atoms with Gasteiger partial charge in [0.15, 0.2) is 0 Å². The summed E-state index contributed by atoms with van der Waals surface area (Å²) >= 11 is 0. The van der Waals surface area contributed by atoms with E-state index in [2.05, 4.69) is 34.4 Å². The van der Waals surface area contributed by atoms with Crippen molar-refractivity contribution >= 4 is 27.8 Å². The van der Waals surface area contributed by atoms with Crippen LogP contribution in [0.2, 0.25) is 0 Å². The van der Waals surface area contributed by atoms with E-state index in [0.29, 0.717) is 6.42 Å². The SMILES string of the molecule is N[C@@H](Cc1c(CCCc2c[nH]c3ccccc23)[nH]c2ccccc12)C(=O)O. The van der Waals surface area contributed by atoms with E-state index in [1.54, 1.807) is 0 Å². The fraction of sp³-hybridized carbons (Fsp3) is 0.227. The Morgan fingerprint density at radius 3 is 2.48 bits per heavy atom. The molecule has 0 spiro atoms. The standard InChI is InChI=1S/C22H23N3O2/c23-18(22(26)27)12-17-16-8-2-4-10-20(16)25-21(17)11-5-6-14-13-24-19-9-3-1-7-15(14)19/h1-4,7-10,13,18,24-25H,5-6,11-12,23H2,(H,26,27)/t18-/m0/s1. The molecule has 2 aromatic carbocycles. The lowest BCUT2D eigenvalue weighted by molar-refractivity contribution is -0.138. The van der Waals surface area contributed by atoms with Crippen LogP contribution in [-0.2, 0) is 24.1 Å². The van der Waals surface area contributed by atoms with Crippen LogP contribution in [-0.4, -0.2) is 27.1 Å². The number of carbonyl (C=O) groups is 1. The molecule has 5 nitrogen and oxygen atoms in total. The van der Waals surface area contributed by atoms with Crippen LogP contribution < -0.4 is 5.73 Å². The molecule has 0 saturated heterocycles. The van der Waals surface area contributed by atoms with Crippen molar-refractivity contribution in [1.29, 1.82) is 0 Å². The molecule has 138 valence electrons. The molecule has 4 rings (SSSR count). The highest BCUT2D eigenvalue weighted by atomic mass is 16.4. The second-order valence-corrected chi connectivity index (χ2v) is 6.99. The first-order chi connectivity index (χ1) is 13.1. The second kappa shape index (κ2) is 7.29. The van der Waals surface area contributed by atoms with Crippen LogP contribution >= 0.6 is 0 Å². The summed E-state index contributed by atoms with van der Waals surface area (Å²) in [5.41, 5.74) is 11.4. The van der Waals surface area contributed by atoms with Gasteiger partial charge in [0.2, 0.25) is 0 Å². The van der Waals surface area contributed by atoms with Crippen LogP contribution in [0, 0.1) is 0 Å². The number of nitrogens with one attached hydrogen (secondary N) is 2. The van der Waals surface area contributed by atoms with E-state index >= 15 is 0 Å². The summed E-state index contributed by atoms with van der Waals surface area (Å²) in [6.45, 7) is 0. The first kappa shape index (κ1) is 17.4. The molecule has 5 N–H and O–H groups in total. The van der Waals surface area contributed by atoms with Gasteiger partial charge in [-0.2, -0.15) is 0 Å². The molecule has 5 heteroatoms. The highest BCUT2D eigenvalue weighted by Gasteiger charge is 2.18. The number of hydrogen-bond acceptors (Lipinski definition) is 2. The van der Waals surface area contributed by atoms with Gasteiger partial charge in [-0.15, -0.1) is 0 Å². The molecule has 2 heterocycles. The lowest BCUT2D eigenvalue weighted by Crippen LogP contribution is -2.32. The van der Waals surface area contributed by atoms with Crippen molar-refractivity contribution in [2.45, 2.75) is 31.7 Å². The Labute approximate surface area is 157 Å². The van der Waals surface area contributed by atoms with Crippen molar-refractivity contribution < 1.29 is 9.90 Å². The minimum Gasteiger partial charge on any atom is -0.480 e. The molecule has 2 aromatic heterocycles. The maximum absolute atomic E-state index is 11.2. The highest BCUT2D eigenvalue weighted by Crippen LogP contribution is 2.26. The Kier molecular flexibility index (Phi) is 4.69. The molecule has 0 radical (unpaired) electrons. The molecule has 0 aliphatic heterocycles. The molecule has 0 aliphatic rings. The van der Waals surface area contributed by atoms with Crippen LogP contribution in [0.1, 0.15) is 23.2 Å². The third-order valence-electron chi connectivity index (χ3n) is 5.19. The van der Waals surface area contributed by atoms with Crippen LogP contribution in [0.15, 0.2) is 54.7 Å². The number of aromatic amines is 2. The van der Waals surface area contributed by atoms with E-state index < -0.39 is 12.0 Å². The topological polar surface area (TPSA) is 94.9 Å². The molecular formula is C22H23N3O2. The Morgan fingerprint density at radius 2 is 1.70 bits per heavy atom. The molecule has 1 atom stereocenters. The summed E-state index contributed by atoms with van der Waals surface area (Å²) in [5, 5.41) is 11.5. The van der Waals surface area contributed by atoms with E-state index in [0.717, 1.165) is 46.9 Å². The number of nitrogens with two attached hydrogens (primary N) is 1. The van der Waals surface area contributed by atoms with Gasteiger partial charge < -0.3 is 20.8 Å². The number of aryl methyl sites for hydroxylation is 2. The molecular weight excluding hydrogens is 338 g/mol. The third-order valence-corrected chi connectivity index (χ3v) is 5.19. The summed E-state index contributed by atoms with van der Waals surface area (Å²) in [5.74, 6) is -0.968. The normalized spacial score (nSPS) is 12.6. The highest BCUT2D eigenvalue weighted by molar-refractivity contribution is 5.86. The lowest BCUT2D eigenvalue weighted by atomic mass is 9.99. The van der Waals surface area contributed by atoms with Crippen LogP contribution in [0.25, 0.3) is 21.8 Å². The Morgan fingerprint density at radius 1 is 1.00 bits per heavy atom. The second-order valence-electron chi connectivity index (χ2n) is 6.99. The number of aromatic nitrogens is 2. The van der Waals surface area contributed by atoms with Crippen molar-refractivity contribution in [3.63, 3.8) is 0 Å². The summed E-state index contributed by atoms with van der Waals surface area (Å²) in [6, 6.07) is 15.4. The predicted octanol–water partition coefficient (Wildman–Crippen LogP) is 3.78. The largest absolute Gasteiger partial charge is 0.480 e. The van der Waals surface area contributed by atoms with Crippen LogP contribution in [0.5, 0.6) is 0 Å². The van der Waals surface area contributed by atoms with Crippen molar-refractivity contribution in [3.8, 4) is 0 Å². The molecule has 0 fully saturated rings. The zero-order valence-electron chi connectivity index (χ0n) is 15.0. The first-order valence-corrected chi connectivity index (χ1v) is 9.25. The van der Waals surface area contributed by atoms with Crippen LogP contribution in [0.3, 0.4) is 0 Å². The zero-order valence-corrected chi connectivity index (χ0v) is 15.0. The average Bonchev–Trinajstić information content (AvgIpc) is 3.24. The molecule has 0 amide bonds. The van der Waals surface area contributed by atoms with E-state index in [1.165, 1.54) is 10.9 Å². The van der Waals surface area contributed by atoms with Gasteiger partial charge in [0.05, 0.1) is 0 Å². The third kappa shape index (κ3) is 3.46. The number of H-pyrrole nitrogens is 2. The number of rotatable bonds is 7.